The highest BCUT2D eigenvalue weighted by Crippen LogP contribution is 2.35. The third kappa shape index (κ3) is 7.96. The van der Waals surface area contributed by atoms with E-state index < -0.39 is 0 Å². The zero-order chi connectivity index (χ0) is 31.8. The van der Waals surface area contributed by atoms with E-state index in [1.54, 1.807) is 24.7 Å². The van der Waals surface area contributed by atoms with Gasteiger partial charge in [0, 0.05) is 68.6 Å². The van der Waals surface area contributed by atoms with Gasteiger partial charge in [0.05, 0.1) is 16.9 Å². The molecule has 3 aromatic rings. The summed E-state index contributed by atoms with van der Waals surface area (Å²) < 4.78 is 0. The fourth-order valence-electron chi connectivity index (χ4n) is 5.99. The molecule has 1 aliphatic heterocycles. The Morgan fingerprint density at radius 1 is 1.13 bits per heavy atom. The number of pyridine rings is 2. The van der Waals surface area contributed by atoms with Gasteiger partial charge >= 0.3 is 6.03 Å². The number of nitrogens with zero attached hydrogens (tertiary/aromatic N) is 6. The first-order valence-electron chi connectivity index (χ1n) is 15.5. The predicted octanol–water partition coefficient (Wildman–Crippen LogP) is 4.75. The van der Waals surface area contributed by atoms with Crippen molar-refractivity contribution in [3.63, 3.8) is 0 Å². The van der Waals surface area contributed by atoms with Gasteiger partial charge in [0.1, 0.15) is 11.9 Å². The van der Waals surface area contributed by atoms with E-state index in [1.807, 2.05) is 41.3 Å². The molecule has 2 fully saturated rings. The SMILES string of the molecule is C=CC(=O)Nc1cc(N(C(=O)NCc2cccnc2)C2CCC(Nc3ccc(C#N)cn3)CC2)ccc1N1CCN(C)C(C)C1. The van der Waals surface area contributed by atoms with Gasteiger partial charge in [-0.1, -0.05) is 12.6 Å². The molecule has 2 aromatic heterocycles. The van der Waals surface area contributed by atoms with E-state index >= 15 is 0 Å². The lowest BCUT2D eigenvalue weighted by molar-refractivity contribution is -0.111. The van der Waals surface area contributed by atoms with Gasteiger partial charge < -0.3 is 25.8 Å². The number of carbonyl (C=O) groups is 2. The number of anilines is 4. The zero-order valence-electron chi connectivity index (χ0n) is 25.9. The number of nitriles is 1. The monoisotopic (exact) mass is 607 g/mol. The number of hydrogen-bond acceptors (Lipinski definition) is 8. The Kier molecular flexibility index (Phi) is 10.3. The summed E-state index contributed by atoms with van der Waals surface area (Å²) in [4.78, 5) is 41.5. The minimum atomic E-state index is -0.300. The van der Waals surface area contributed by atoms with Gasteiger partial charge in [0.15, 0.2) is 0 Å². The third-order valence-corrected chi connectivity index (χ3v) is 8.69. The first-order chi connectivity index (χ1) is 21.8. The lowest BCUT2D eigenvalue weighted by Gasteiger charge is -2.40. The van der Waals surface area contributed by atoms with Crippen molar-refractivity contribution in [3.8, 4) is 6.07 Å². The average molecular weight is 608 g/mol. The molecule has 0 spiro atoms. The van der Waals surface area contributed by atoms with Gasteiger partial charge in [-0.05, 0) is 87.7 Å². The molecule has 1 aromatic carbocycles. The molecule has 1 saturated carbocycles. The van der Waals surface area contributed by atoms with Crippen molar-refractivity contribution in [1.82, 2.24) is 20.2 Å². The van der Waals surface area contributed by atoms with Gasteiger partial charge in [-0.15, -0.1) is 0 Å². The topological polar surface area (TPSA) is 130 Å². The molecule has 11 heteroatoms. The minimum absolute atomic E-state index is 0.0525. The Hall–Kier alpha value is -4.95. The van der Waals surface area contributed by atoms with Crippen molar-refractivity contribution in [2.45, 2.75) is 57.3 Å². The van der Waals surface area contributed by atoms with Crippen LogP contribution in [-0.4, -0.2) is 71.6 Å². The van der Waals surface area contributed by atoms with E-state index in [0.29, 0.717) is 29.5 Å². The first kappa shape index (κ1) is 31.5. The van der Waals surface area contributed by atoms with Crippen LogP contribution in [0.2, 0.25) is 0 Å². The highest BCUT2D eigenvalue weighted by atomic mass is 16.2. The molecule has 5 rings (SSSR count). The molecule has 11 nitrogen and oxygen atoms in total. The van der Waals surface area contributed by atoms with E-state index in [9.17, 15) is 9.59 Å². The second-order valence-electron chi connectivity index (χ2n) is 11.8. The molecule has 0 bridgehead atoms. The van der Waals surface area contributed by atoms with Gasteiger partial charge in [-0.25, -0.2) is 9.78 Å². The number of piperazine rings is 1. The summed E-state index contributed by atoms with van der Waals surface area (Å²) in [6.45, 7) is 8.76. The fourth-order valence-corrected chi connectivity index (χ4v) is 5.99. The summed E-state index contributed by atoms with van der Waals surface area (Å²) in [6, 6.07) is 15.7. The van der Waals surface area contributed by atoms with E-state index in [-0.39, 0.29) is 24.0 Å². The molecule has 1 aliphatic carbocycles. The average Bonchev–Trinajstić information content (AvgIpc) is 3.07. The molecular weight excluding hydrogens is 566 g/mol. The molecule has 3 heterocycles. The number of likely N-dealkylation sites (N-methyl/N-ethyl adjacent to an activating group) is 1. The number of urea groups is 1. The largest absolute Gasteiger partial charge is 0.367 e. The standard InChI is InChI=1S/C34H41N9O2/c1-4-33(44)40-30-18-29(12-13-31(30)42-17-16-41(3)24(2)23-42)43(34(45)38-22-26-6-5-15-36-20-26)28-10-8-27(9-11-28)39-32-14-7-25(19-35)21-37-32/h4-7,12-15,18,20-21,24,27-28H,1,8-11,16-17,22-23H2,2-3H3,(H,37,39)(H,38,45)(H,40,44). The van der Waals surface area contributed by atoms with Crippen molar-refractivity contribution >= 4 is 34.8 Å². The maximum Gasteiger partial charge on any atom is 0.322 e. The van der Waals surface area contributed by atoms with Crippen LogP contribution in [0.5, 0.6) is 0 Å². The molecule has 234 valence electrons. The third-order valence-electron chi connectivity index (χ3n) is 8.69. The van der Waals surface area contributed by atoms with Gasteiger partial charge in [0.25, 0.3) is 0 Å². The Morgan fingerprint density at radius 3 is 2.62 bits per heavy atom. The molecule has 0 radical (unpaired) electrons. The second-order valence-corrected chi connectivity index (χ2v) is 11.8. The van der Waals surface area contributed by atoms with Crippen molar-refractivity contribution in [2.24, 2.45) is 0 Å². The van der Waals surface area contributed by atoms with Crippen molar-refractivity contribution in [1.29, 1.82) is 5.26 Å². The summed E-state index contributed by atoms with van der Waals surface area (Å²) in [5, 5.41) is 18.6. The number of nitrogens with one attached hydrogen (secondary N) is 3. The highest BCUT2D eigenvalue weighted by Gasteiger charge is 2.31. The summed E-state index contributed by atoms with van der Waals surface area (Å²) in [6.07, 6.45) is 9.52. The molecule has 3 N–H and O–H groups in total. The van der Waals surface area contributed by atoms with Gasteiger partial charge in [-0.3, -0.25) is 14.7 Å². The Labute approximate surface area is 264 Å². The molecule has 1 saturated heterocycles. The molecule has 1 unspecified atom stereocenters. The summed E-state index contributed by atoms with van der Waals surface area (Å²) in [7, 11) is 2.12. The second kappa shape index (κ2) is 14.7. The number of hydrogen-bond donors (Lipinski definition) is 3. The molecule has 45 heavy (non-hydrogen) atoms. The lowest BCUT2D eigenvalue weighted by atomic mass is 9.89. The highest BCUT2D eigenvalue weighted by molar-refractivity contribution is 6.02. The lowest BCUT2D eigenvalue weighted by Crippen LogP contribution is -2.50. The van der Waals surface area contributed by atoms with Crippen LogP contribution in [0.15, 0.2) is 73.7 Å². The zero-order valence-corrected chi connectivity index (χ0v) is 25.9. The maximum atomic E-state index is 13.9. The first-order valence-corrected chi connectivity index (χ1v) is 15.5. The van der Waals surface area contributed by atoms with E-state index in [4.69, 9.17) is 5.26 Å². The number of benzene rings is 1. The summed E-state index contributed by atoms with van der Waals surface area (Å²) in [5.41, 5.74) is 3.73. The van der Waals surface area contributed by atoms with Crippen LogP contribution in [0.3, 0.4) is 0 Å². The summed E-state index contributed by atoms with van der Waals surface area (Å²) >= 11 is 0. The maximum absolute atomic E-state index is 13.9. The van der Waals surface area contributed by atoms with Gasteiger partial charge in [0.2, 0.25) is 5.91 Å². The smallest absolute Gasteiger partial charge is 0.322 e. The quantitative estimate of drug-likeness (QED) is 0.297. The predicted molar refractivity (Wildman–Crippen MR) is 177 cm³/mol. The van der Waals surface area contributed by atoms with E-state index in [1.165, 1.54) is 6.08 Å². The van der Waals surface area contributed by atoms with Crippen molar-refractivity contribution in [3.05, 3.63) is 84.8 Å². The van der Waals surface area contributed by atoms with E-state index in [0.717, 1.165) is 62.4 Å². The number of carbonyl (C=O) groups excluding carboxylic acids is 2. The number of rotatable bonds is 9. The Morgan fingerprint density at radius 2 is 1.96 bits per heavy atom. The number of aromatic nitrogens is 2. The molecule has 2 aliphatic rings. The van der Waals surface area contributed by atoms with Crippen LogP contribution in [-0.2, 0) is 11.3 Å². The van der Waals surface area contributed by atoms with Crippen LogP contribution < -0.4 is 25.8 Å². The Bertz CT molecular complexity index is 1510. The van der Waals surface area contributed by atoms with Crippen molar-refractivity contribution in [2.75, 3.05) is 47.1 Å². The normalized spacial score (nSPS) is 20.0. The van der Waals surface area contributed by atoms with Crippen LogP contribution in [0.25, 0.3) is 0 Å². The van der Waals surface area contributed by atoms with Crippen LogP contribution >= 0.6 is 0 Å². The van der Waals surface area contributed by atoms with Gasteiger partial charge in [-0.2, -0.15) is 5.26 Å². The van der Waals surface area contributed by atoms with Crippen molar-refractivity contribution < 1.29 is 9.59 Å². The molecular formula is C34H41N9O2. The minimum Gasteiger partial charge on any atom is -0.367 e. The fraction of sp³-hybridized carbons (Fsp3) is 0.382. The molecule has 1 atom stereocenters. The van der Waals surface area contributed by atoms with Crippen LogP contribution in [0.4, 0.5) is 27.7 Å². The number of amides is 3. The Balaban J connectivity index is 1.39. The van der Waals surface area contributed by atoms with Crippen LogP contribution in [0, 0.1) is 11.3 Å². The van der Waals surface area contributed by atoms with Crippen LogP contribution in [0.1, 0.15) is 43.7 Å². The summed E-state index contributed by atoms with van der Waals surface area (Å²) in [5.74, 6) is 0.436. The van der Waals surface area contributed by atoms with E-state index in [2.05, 4.69) is 62.3 Å². The molecule has 3 amide bonds.